The highest BCUT2D eigenvalue weighted by Crippen LogP contribution is 2.24. The van der Waals surface area contributed by atoms with Gasteiger partial charge in [0.2, 0.25) is 0 Å². The zero-order valence-electron chi connectivity index (χ0n) is 13.0. The molecule has 0 bridgehead atoms. The van der Waals surface area contributed by atoms with Crippen molar-refractivity contribution in [2.75, 3.05) is 20.2 Å². The summed E-state index contributed by atoms with van der Waals surface area (Å²) < 4.78 is 4.82. The van der Waals surface area contributed by atoms with Gasteiger partial charge in [0.15, 0.2) is 0 Å². The van der Waals surface area contributed by atoms with E-state index in [2.05, 4.69) is 49.9 Å². The summed E-state index contributed by atoms with van der Waals surface area (Å²) in [5.74, 6) is -0.0237. The number of carbonyl (C=O) groups excluding carboxylic acids is 1. The Morgan fingerprint density at radius 3 is 2.50 bits per heavy atom. The summed E-state index contributed by atoms with van der Waals surface area (Å²) in [5.41, 5.74) is 2.86. The van der Waals surface area contributed by atoms with E-state index in [0.717, 1.165) is 26.1 Å². The number of hydrogen-bond donors (Lipinski definition) is 0. The minimum absolute atomic E-state index is 0.0499. The Morgan fingerprint density at radius 2 is 1.95 bits per heavy atom. The Kier molecular flexibility index (Phi) is 4.48. The fourth-order valence-corrected chi connectivity index (χ4v) is 2.70. The molecule has 110 valence electrons. The summed E-state index contributed by atoms with van der Waals surface area (Å²) in [5, 5.41) is 0. The lowest BCUT2D eigenvalue weighted by Gasteiger charge is -2.20. The number of ether oxygens (including phenoxy) is 1. The number of esters is 1. The van der Waals surface area contributed by atoms with E-state index in [0.29, 0.717) is 0 Å². The molecule has 0 radical (unpaired) electrons. The number of nitrogens with zero attached hydrogens (tertiary/aromatic N) is 1. The van der Waals surface area contributed by atoms with Crippen molar-refractivity contribution >= 4 is 5.97 Å². The maximum atomic E-state index is 11.5. The third-order valence-corrected chi connectivity index (χ3v) is 4.03. The fraction of sp³-hybridized carbons (Fsp3) is 0.588. The Hall–Kier alpha value is -1.35. The zero-order chi connectivity index (χ0) is 14.8. The van der Waals surface area contributed by atoms with Crippen LogP contribution in [0.3, 0.4) is 0 Å². The van der Waals surface area contributed by atoms with Crippen LogP contribution in [0.2, 0.25) is 0 Å². The van der Waals surface area contributed by atoms with Gasteiger partial charge in [-0.1, -0.05) is 45.0 Å². The van der Waals surface area contributed by atoms with Crippen molar-refractivity contribution < 1.29 is 9.53 Å². The van der Waals surface area contributed by atoms with Gasteiger partial charge in [0, 0.05) is 13.1 Å². The highest BCUT2D eigenvalue weighted by Gasteiger charge is 2.28. The molecule has 1 fully saturated rings. The molecular weight excluding hydrogens is 250 g/mol. The third-order valence-electron chi connectivity index (χ3n) is 4.03. The van der Waals surface area contributed by atoms with Crippen LogP contribution in [0.25, 0.3) is 0 Å². The molecule has 2 rings (SSSR count). The molecule has 1 saturated heterocycles. The predicted octanol–water partition coefficient (Wildman–Crippen LogP) is 2.98. The molecule has 20 heavy (non-hydrogen) atoms. The quantitative estimate of drug-likeness (QED) is 0.794. The minimum Gasteiger partial charge on any atom is -0.469 e. The normalized spacial score (nSPS) is 20.1. The van der Waals surface area contributed by atoms with Crippen LogP contribution in [0, 0.1) is 5.92 Å². The van der Waals surface area contributed by atoms with Crippen LogP contribution in [0.5, 0.6) is 0 Å². The highest BCUT2D eigenvalue weighted by atomic mass is 16.5. The number of likely N-dealkylation sites (tertiary alicyclic amines) is 1. The van der Waals surface area contributed by atoms with Crippen LogP contribution in [0.1, 0.15) is 38.3 Å². The molecule has 1 heterocycles. The van der Waals surface area contributed by atoms with Crippen LogP contribution in [0.15, 0.2) is 24.3 Å². The number of benzene rings is 1. The molecule has 1 aromatic carbocycles. The Morgan fingerprint density at radius 1 is 1.30 bits per heavy atom. The molecule has 0 saturated carbocycles. The number of rotatable bonds is 3. The zero-order valence-corrected chi connectivity index (χ0v) is 13.0. The van der Waals surface area contributed by atoms with Crippen LogP contribution in [0.4, 0.5) is 0 Å². The molecule has 1 atom stereocenters. The summed E-state index contributed by atoms with van der Waals surface area (Å²) in [7, 11) is 1.47. The predicted molar refractivity (Wildman–Crippen MR) is 80.5 cm³/mol. The molecule has 0 aliphatic carbocycles. The first-order valence-electron chi connectivity index (χ1n) is 7.30. The lowest BCUT2D eigenvalue weighted by molar-refractivity contribution is -0.144. The van der Waals surface area contributed by atoms with Gasteiger partial charge in [-0.2, -0.15) is 0 Å². The Labute approximate surface area is 121 Å². The number of methoxy groups -OCH3 is 1. The lowest BCUT2D eigenvalue weighted by Crippen LogP contribution is -2.23. The standard InChI is InChI=1S/C17H25NO2/c1-17(2,3)15-7-5-13(6-8-15)11-18-10-9-14(12-18)16(19)20-4/h5-8,14H,9-12H2,1-4H3. The SMILES string of the molecule is COC(=O)C1CCN(Cc2ccc(C(C)(C)C)cc2)C1. The molecule has 0 N–H and O–H groups in total. The van der Waals surface area contributed by atoms with E-state index in [4.69, 9.17) is 4.74 Å². The minimum atomic E-state index is -0.0735. The van der Waals surface area contributed by atoms with Crippen molar-refractivity contribution in [3.63, 3.8) is 0 Å². The van der Waals surface area contributed by atoms with Crippen LogP contribution >= 0.6 is 0 Å². The molecular formula is C17H25NO2. The number of hydrogen-bond acceptors (Lipinski definition) is 3. The second-order valence-corrected chi connectivity index (χ2v) is 6.69. The van der Waals surface area contributed by atoms with E-state index >= 15 is 0 Å². The van der Waals surface area contributed by atoms with E-state index in [1.165, 1.54) is 18.2 Å². The largest absolute Gasteiger partial charge is 0.469 e. The Bertz CT molecular complexity index is 459. The van der Waals surface area contributed by atoms with Crippen molar-refractivity contribution in [1.29, 1.82) is 0 Å². The van der Waals surface area contributed by atoms with Gasteiger partial charge in [0.05, 0.1) is 13.0 Å². The van der Waals surface area contributed by atoms with Gasteiger partial charge < -0.3 is 4.74 Å². The summed E-state index contributed by atoms with van der Waals surface area (Å²) in [4.78, 5) is 13.8. The molecule has 0 amide bonds. The Balaban J connectivity index is 1.93. The van der Waals surface area contributed by atoms with Gasteiger partial charge in [-0.3, -0.25) is 9.69 Å². The van der Waals surface area contributed by atoms with Crippen molar-refractivity contribution in [3.8, 4) is 0 Å². The molecule has 0 spiro atoms. The first-order valence-corrected chi connectivity index (χ1v) is 7.30. The van der Waals surface area contributed by atoms with E-state index in [1.807, 2.05) is 0 Å². The van der Waals surface area contributed by atoms with Crippen LogP contribution < -0.4 is 0 Å². The average Bonchev–Trinajstić information content (AvgIpc) is 2.86. The summed E-state index contributed by atoms with van der Waals surface area (Å²) in [6.07, 6.45) is 0.909. The van der Waals surface area contributed by atoms with Gasteiger partial charge in [0.25, 0.3) is 0 Å². The highest BCUT2D eigenvalue weighted by molar-refractivity contribution is 5.72. The molecule has 3 heteroatoms. The fourth-order valence-electron chi connectivity index (χ4n) is 2.70. The summed E-state index contributed by atoms with van der Waals surface area (Å²) in [6, 6.07) is 8.82. The molecule has 1 aliphatic rings. The van der Waals surface area contributed by atoms with Gasteiger partial charge in [0.1, 0.15) is 0 Å². The monoisotopic (exact) mass is 275 g/mol. The van der Waals surface area contributed by atoms with Gasteiger partial charge in [-0.05, 0) is 29.5 Å². The van der Waals surface area contributed by atoms with E-state index in [1.54, 1.807) is 0 Å². The third kappa shape index (κ3) is 3.60. The molecule has 0 aromatic heterocycles. The van der Waals surface area contributed by atoms with Gasteiger partial charge in [-0.15, -0.1) is 0 Å². The van der Waals surface area contributed by atoms with Crippen LogP contribution in [-0.4, -0.2) is 31.1 Å². The first-order chi connectivity index (χ1) is 9.40. The summed E-state index contributed by atoms with van der Waals surface area (Å²) >= 11 is 0. The van der Waals surface area contributed by atoms with Crippen molar-refractivity contribution in [2.45, 2.75) is 39.2 Å². The van der Waals surface area contributed by atoms with E-state index in [-0.39, 0.29) is 17.3 Å². The second-order valence-electron chi connectivity index (χ2n) is 6.69. The van der Waals surface area contributed by atoms with Crippen molar-refractivity contribution in [1.82, 2.24) is 4.90 Å². The maximum Gasteiger partial charge on any atom is 0.310 e. The molecule has 1 aromatic rings. The lowest BCUT2D eigenvalue weighted by atomic mass is 9.87. The van der Waals surface area contributed by atoms with E-state index in [9.17, 15) is 4.79 Å². The number of carbonyl (C=O) groups is 1. The first kappa shape index (κ1) is 15.0. The molecule has 1 aliphatic heterocycles. The van der Waals surface area contributed by atoms with E-state index < -0.39 is 0 Å². The molecule has 1 unspecified atom stereocenters. The van der Waals surface area contributed by atoms with Gasteiger partial charge >= 0.3 is 5.97 Å². The van der Waals surface area contributed by atoms with Crippen molar-refractivity contribution in [3.05, 3.63) is 35.4 Å². The van der Waals surface area contributed by atoms with Gasteiger partial charge in [-0.25, -0.2) is 0 Å². The topological polar surface area (TPSA) is 29.5 Å². The molecule has 3 nitrogen and oxygen atoms in total. The van der Waals surface area contributed by atoms with Crippen LogP contribution in [-0.2, 0) is 21.5 Å². The average molecular weight is 275 g/mol. The maximum absolute atomic E-state index is 11.5. The van der Waals surface area contributed by atoms with Crippen molar-refractivity contribution in [2.24, 2.45) is 5.92 Å². The second kappa shape index (κ2) is 5.96. The summed E-state index contributed by atoms with van der Waals surface area (Å²) in [6.45, 7) is 9.38. The smallest absolute Gasteiger partial charge is 0.310 e.